The van der Waals surface area contributed by atoms with Crippen LogP contribution in [0.4, 0.5) is 0 Å². The number of hydrazone groups is 1. The number of methoxy groups -OCH3 is 2. The van der Waals surface area contributed by atoms with Crippen molar-refractivity contribution in [3.63, 3.8) is 0 Å². The van der Waals surface area contributed by atoms with Crippen LogP contribution in [0.1, 0.15) is 21.5 Å². The molecule has 0 saturated carbocycles. The van der Waals surface area contributed by atoms with Crippen LogP contribution in [-0.2, 0) is 6.61 Å². The summed E-state index contributed by atoms with van der Waals surface area (Å²) in [6.07, 6.45) is 1.56. The van der Waals surface area contributed by atoms with Gasteiger partial charge in [-0.25, -0.2) is 5.43 Å². The second-order valence-electron chi connectivity index (χ2n) is 6.29. The third-order valence-corrected chi connectivity index (χ3v) is 4.89. The van der Waals surface area contributed by atoms with Gasteiger partial charge in [-0.2, -0.15) is 5.10 Å². The van der Waals surface area contributed by atoms with Crippen molar-refractivity contribution in [1.82, 2.24) is 5.43 Å². The number of carbonyl (C=O) groups excluding carboxylic acids is 1. The minimum atomic E-state index is -0.366. The third-order valence-electron chi connectivity index (χ3n) is 4.17. The standard InChI is InChI=1S/C23H21IN2O4/c1-28-21-11-18(12-22(13-21)29-2)23(27)26-25-14-17-4-3-5-20(10-17)30-15-16-6-8-19(24)9-7-16/h3-14H,15H2,1-2H3,(H,26,27)/b25-14-. The molecule has 30 heavy (non-hydrogen) atoms. The first-order valence-corrected chi connectivity index (χ1v) is 10.2. The molecule has 3 aromatic carbocycles. The Morgan fingerprint density at radius 2 is 1.67 bits per heavy atom. The minimum Gasteiger partial charge on any atom is -0.497 e. The Hall–Kier alpha value is -3.07. The summed E-state index contributed by atoms with van der Waals surface area (Å²) in [5, 5.41) is 4.04. The number of amides is 1. The molecule has 6 nitrogen and oxygen atoms in total. The van der Waals surface area contributed by atoms with Crippen molar-refractivity contribution < 1.29 is 19.0 Å². The summed E-state index contributed by atoms with van der Waals surface area (Å²) in [6, 6.07) is 20.6. The molecular formula is C23H21IN2O4. The molecule has 0 unspecified atom stereocenters. The summed E-state index contributed by atoms with van der Waals surface area (Å²) in [5.74, 6) is 1.42. The number of nitrogens with zero attached hydrogens (tertiary/aromatic N) is 1. The van der Waals surface area contributed by atoms with Crippen molar-refractivity contribution in [3.05, 3.63) is 87.0 Å². The average molecular weight is 516 g/mol. The van der Waals surface area contributed by atoms with Gasteiger partial charge in [0.15, 0.2) is 0 Å². The van der Waals surface area contributed by atoms with E-state index < -0.39 is 0 Å². The Bertz CT molecular complexity index is 1010. The van der Waals surface area contributed by atoms with E-state index in [9.17, 15) is 4.79 Å². The number of benzene rings is 3. The Balaban J connectivity index is 1.60. The molecule has 0 aliphatic rings. The van der Waals surface area contributed by atoms with Crippen molar-refractivity contribution in [1.29, 1.82) is 0 Å². The normalized spacial score (nSPS) is 10.6. The van der Waals surface area contributed by atoms with Gasteiger partial charge in [0.25, 0.3) is 5.91 Å². The van der Waals surface area contributed by atoms with Gasteiger partial charge in [-0.15, -0.1) is 0 Å². The van der Waals surface area contributed by atoms with Crippen LogP contribution >= 0.6 is 22.6 Å². The highest BCUT2D eigenvalue weighted by Crippen LogP contribution is 2.22. The van der Waals surface area contributed by atoms with E-state index in [0.717, 1.165) is 16.9 Å². The highest BCUT2D eigenvalue weighted by molar-refractivity contribution is 14.1. The SMILES string of the molecule is COc1cc(OC)cc(C(=O)N/N=C\c2cccc(OCc3ccc(I)cc3)c2)c1. The van der Waals surface area contributed by atoms with Crippen molar-refractivity contribution in [2.75, 3.05) is 14.2 Å². The molecule has 1 amide bonds. The van der Waals surface area contributed by atoms with Crippen LogP contribution in [0.25, 0.3) is 0 Å². The summed E-state index contributed by atoms with van der Waals surface area (Å²) in [5.41, 5.74) is 4.79. The lowest BCUT2D eigenvalue weighted by Crippen LogP contribution is -2.17. The molecule has 0 radical (unpaired) electrons. The fourth-order valence-corrected chi connectivity index (χ4v) is 2.96. The van der Waals surface area contributed by atoms with Gasteiger partial charge < -0.3 is 14.2 Å². The summed E-state index contributed by atoms with van der Waals surface area (Å²) >= 11 is 2.27. The molecule has 7 heteroatoms. The predicted molar refractivity (Wildman–Crippen MR) is 125 cm³/mol. The number of ether oxygens (including phenoxy) is 3. The zero-order chi connectivity index (χ0) is 21.3. The predicted octanol–water partition coefficient (Wildman–Crippen LogP) is 4.65. The maximum atomic E-state index is 12.4. The van der Waals surface area contributed by atoms with Crippen LogP contribution in [-0.4, -0.2) is 26.3 Å². The third kappa shape index (κ3) is 6.21. The molecular weight excluding hydrogens is 495 g/mol. The molecule has 3 aromatic rings. The second-order valence-corrected chi connectivity index (χ2v) is 7.53. The highest BCUT2D eigenvalue weighted by atomic mass is 127. The zero-order valence-electron chi connectivity index (χ0n) is 16.6. The maximum absolute atomic E-state index is 12.4. The number of halogens is 1. The Kier molecular flexibility index (Phi) is 7.67. The maximum Gasteiger partial charge on any atom is 0.271 e. The van der Waals surface area contributed by atoms with E-state index in [2.05, 4.69) is 33.1 Å². The molecule has 0 aliphatic carbocycles. The van der Waals surface area contributed by atoms with E-state index in [1.54, 1.807) is 24.4 Å². The smallest absolute Gasteiger partial charge is 0.271 e. The second kappa shape index (κ2) is 10.6. The summed E-state index contributed by atoms with van der Waals surface area (Å²) in [6.45, 7) is 0.478. The van der Waals surface area contributed by atoms with Gasteiger partial charge in [-0.05, 0) is 70.1 Å². The monoisotopic (exact) mass is 516 g/mol. The van der Waals surface area contributed by atoms with Gasteiger partial charge in [-0.1, -0.05) is 24.3 Å². The first kappa shape index (κ1) is 21.6. The number of hydrogen-bond acceptors (Lipinski definition) is 5. The Morgan fingerprint density at radius 1 is 0.967 bits per heavy atom. The lowest BCUT2D eigenvalue weighted by molar-refractivity contribution is 0.0954. The molecule has 0 aliphatic heterocycles. The number of rotatable bonds is 8. The Morgan fingerprint density at radius 3 is 2.33 bits per heavy atom. The highest BCUT2D eigenvalue weighted by Gasteiger charge is 2.09. The van der Waals surface area contributed by atoms with Crippen LogP contribution in [0.2, 0.25) is 0 Å². The summed E-state index contributed by atoms with van der Waals surface area (Å²) in [7, 11) is 3.06. The fourth-order valence-electron chi connectivity index (χ4n) is 2.60. The lowest BCUT2D eigenvalue weighted by atomic mass is 10.2. The molecule has 0 bridgehead atoms. The van der Waals surface area contributed by atoms with Crippen LogP contribution in [0.3, 0.4) is 0 Å². The van der Waals surface area contributed by atoms with Crippen LogP contribution in [0, 0.1) is 3.57 Å². The average Bonchev–Trinajstić information content (AvgIpc) is 2.78. The molecule has 0 aromatic heterocycles. The topological polar surface area (TPSA) is 69.2 Å². The molecule has 0 atom stereocenters. The molecule has 0 heterocycles. The van der Waals surface area contributed by atoms with Crippen LogP contribution in [0.5, 0.6) is 17.2 Å². The van der Waals surface area contributed by atoms with Crippen LogP contribution < -0.4 is 19.6 Å². The van der Waals surface area contributed by atoms with Gasteiger partial charge in [0, 0.05) is 15.2 Å². The van der Waals surface area contributed by atoms with E-state index in [4.69, 9.17) is 14.2 Å². The molecule has 0 fully saturated rings. The largest absolute Gasteiger partial charge is 0.497 e. The summed E-state index contributed by atoms with van der Waals surface area (Å²) in [4.78, 5) is 12.4. The van der Waals surface area contributed by atoms with Crippen molar-refractivity contribution in [2.24, 2.45) is 5.10 Å². The van der Waals surface area contributed by atoms with Gasteiger partial charge in [0.05, 0.1) is 20.4 Å². The van der Waals surface area contributed by atoms with Gasteiger partial charge >= 0.3 is 0 Å². The zero-order valence-corrected chi connectivity index (χ0v) is 18.8. The molecule has 1 N–H and O–H groups in total. The number of hydrogen-bond donors (Lipinski definition) is 1. The fraction of sp³-hybridized carbons (Fsp3) is 0.130. The van der Waals surface area contributed by atoms with Crippen molar-refractivity contribution in [2.45, 2.75) is 6.61 Å². The summed E-state index contributed by atoms with van der Waals surface area (Å²) < 4.78 is 17.4. The number of nitrogens with one attached hydrogen (secondary N) is 1. The molecule has 0 saturated heterocycles. The van der Waals surface area contributed by atoms with E-state index in [0.29, 0.717) is 23.7 Å². The van der Waals surface area contributed by atoms with E-state index in [-0.39, 0.29) is 5.91 Å². The van der Waals surface area contributed by atoms with Gasteiger partial charge in [-0.3, -0.25) is 4.79 Å². The van der Waals surface area contributed by atoms with E-state index >= 15 is 0 Å². The molecule has 0 spiro atoms. The molecule has 154 valence electrons. The van der Waals surface area contributed by atoms with E-state index in [1.807, 2.05) is 48.5 Å². The number of carbonyl (C=O) groups is 1. The first-order valence-electron chi connectivity index (χ1n) is 9.11. The Labute approximate surface area is 189 Å². The van der Waals surface area contributed by atoms with Crippen molar-refractivity contribution >= 4 is 34.7 Å². The van der Waals surface area contributed by atoms with Gasteiger partial charge in [0.1, 0.15) is 23.9 Å². The quantitative estimate of drug-likeness (QED) is 0.269. The van der Waals surface area contributed by atoms with Gasteiger partial charge in [0.2, 0.25) is 0 Å². The minimum absolute atomic E-state index is 0.366. The lowest BCUT2D eigenvalue weighted by Gasteiger charge is -2.08. The van der Waals surface area contributed by atoms with Crippen molar-refractivity contribution in [3.8, 4) is 17.2 Å². The first-order chi connectivity index (χ1) is 14.6. The van der Waals surface area contributed by atoms with E-state index in [1.165, 1.54) is 17.8 Å². The van der Waals surface area contributed by atoms with Crippen LogP contribution in [0.15, 0.2) is 71.8 Å². The molecule has 3 rings (SSSR count).